The maximum atomic E-state index is 11.6. The molecule has 1 saturated heterocycles. The number of hydrogen-bond donors (Lipinski definition) is 6. The number of carbonyl (C=O) groups excluding carboxylic acids is 2. The van der Waals surface area contributed by atoms with Crippen molar-refractivity contribution in [1.82, 2.24) is 10.6 Å². The molecule has 0 radical (unpaired) electrons. The zero-order valence-electron chi connectivity index (χ0n) is 16.1. The first-order chi connectivity index (χ1) is 13.1. The van der Waals surface area contributed by atoms with E-state index in [1.54, 1.807) is 0 Å². The third-order valence-electron chi connectivity index (χ3n) is 5.11. The maximum absolute atomic E-state index is 11.6. The fraction of sp³-hybridized carbons (Fsp3) is 0.882. The van der Waals surface area contributed by atoms with Gasteiger partial charge < -0.3 is 45.3 Å². The minimum absolute atomic E-state index is 0.0970. The van der Waals surface area contributed by atoms with E-state index < -0.39 is 60.8 Å². The number of nitrogens with one attached hydrogen (secondary N) is 2. The van der Waals surface area contributed by atoms with Gasteiger partial charge in [0.2, 0.25) is 11.8 Å². The standard InChI is InChI=1S/C17H30N2O9/c1-7(20)18-5-9-4-11(12(19-8(2)21)14(24)13(9)23)28-16-10(22)6-27-17(26-3)15(16)25/h9-17,22-25H,4-6H2,1-3H3,(H,18,20)(H,19,21)/t9-,10+,11-,12-,13+,14+,15+,16+,17?/m0/s1. The van der Waals surface area contributed by atoms with Crippen molar-refractivity contribution in [1.29, 1.82) is 0 Å². The van der Waals surface area contributed by atoms with E-state index in [1.807, 2.05) is 0 Å². The molecule has 1 aliphatic heterocycles. The van der Waals surface area contributed by atoms with Crippen molar-refractivity contribution in [3.63, 3.8) is 0 Å². The highest BCUT2D eigenvalue weighted by atomic mass is 16.7. The lowest BCUT2D eigenvalue weighted by atomic mass is 9.79. The zero-order valence-corrected chi connectivity index (χ0v) is 16.1. The van der Waals surface area contributed by atoms with Gasteiger partial charge in [0.25, 0.3) is 0 Å². The maximum Gasteiger partial charge on any atom is 0.217 e. The van der Waals surface area contributed by atoms with Crippen LogP contribution in [0, 0.1) is 5.92 Å². The molecular formula is C17H30N2O9. The van der Waals surface area contributed by atoms with Crippen molar-refractivity contribution in [3.8, 4) is 0 Å². The van der Waals surface area contributed by atoms with Crippen molar-refractivity contribution in [3.05, 3.63) is 0 Å². The van der Waals surface area contributed by atoms with Crippen molar-refractivity contribution < 1.29 is 44.2 Å². The summed E-state index contributed by atoms with van der Waals surface area (Å²) in [4.78, 5) is 22.8. The number of carbonyl (C=O) groups is 2. The lowest BCUT2D eigenvalue weighted by Crippen LogP contribution is -2.65. The molecule has 9 atom stereocenters. The molecule has 1 saturated carbocycles. The van der Waals surface area contributed by atoms with Gasteiger partial charge in [-0.25, -0.2) is 0 Å². The summed E-state index contributed by atoms with van der Waals surface area (Å²) in [5.74, 6) is -1.28. The van der Waals surface area contributed by atoms with Crippen LogP contribution in [0.3, 0.4) is 0 Å². The Bertz CT molecular complexity index is 547. The molecule has 11 heteroatoms. The van der Waals surface area contributed by atoms with Crippen LogP contribution in [0.15, 0.2) is 0 Å². The molecule has 0 bridgehead atoms. The molecule has 0 aromatic rings. The number of aliphatic hydroxyl groups is 4. The molecule has 28 heavy (non-hydrogen) atoms. The highest BCUT2D eigenvalue weighted by Gasteiger charge is 2.48. The van der Waals surface area contributed by atoms with E-state index in [0.717, 1.165) is 0 Å². The van der Waals surface area contributed by atoms with Gasteiger partial charge in [0.05, 0.1) is 24.9 Å². The second-order valence-corrected chi connectivity index (χ2v) is 7.27. The number of aliphatic hydroxyl groups excluding tert-OH is 4. The number of methoxy groups -OCH3 is 1. The Morgan fingerprint density at radius 1 is 1.07 bits per heavy atom. The van der Waals surface area contributed by atoms with Crippen LogP contribution >= 0.6 is 0 Å². The zero-order chi connectivity index (χ0) is 21.0. The van der Waals surface area contributed by atoms with E-state index in [1.165, 1.54) is 21.0 Å². The number of ether oxygens (including phenoxy) is 3. The first-order valence-electron chi connectivity index (χ1n) is 9.19. The fourth-order valence-corrected chi connectivity index (χ4v) is 3.68. The molecule has 2 rings (SSSR count). The minimum atomic E-state index is -1.37. The Kier molecular flexibility index (Phi) is 8.13. The van der Waals surface area contributed by atoms with E-state index in [2.05, 4.69) is 10.6 Å². The topological polar surface area (TPSA) is 167 Å². The molecule has 162 valence electrons. The van der Waals surface area contributed by atoms with Gasteiger partial charge in [0.1, 0.15) is 24.4 Å². The van der Waals surface area contributed by atoms with Gasteiger partial charge in [-0.05, 0) is 6.42 Å². The summed E-state index contributed by atoms with van der Waals surface area (Å²) in [6.45, 7) is 2.57. The Morgan fingerprint density at radius 3 is 2.32 bits per heavy atom. The second kappa shape index (κ2) is 9.92. The van der Waals surface area contributed by atoms with Gasteiger partial charge in [-0.15, -0.1) is 0 Å². The lowest BCUT2D eigenvalue weighted by molar-refractivity contribution is -0.284. The molecule has 2 amide bonds. The molecular weight excluding hydrogens is 376 g/mol. The van der Waals surface area contributed by atoms with Crippen LogP contribution in [-0.2, 0) is 23.8 Å². The fourth-order valence-electron chi connectivity index (χ4n) is 3.68. The molecule has 0 spiro atoms. The molecule has 0 aromatic heterocycles. The van der Waals surface area contributed by atoms with E-state index in [-0.39, 0.29) is 25.5 Å². The molecule has 1 unspecified atom stereocenters. The van der Waals surface area contributed by atoms with Gasteiger partial charge in [0, 0.05) is 33.4 Å². The van der Waals surface area contributed by atoms with E-state index in [0.29, 0.717) is 0 Å². The summed E-state index contributed by atoms with van der Waals surface area (Å²) in [5, 5.41) is 46.6. The predicted molar refractivity (Wildman–Crippen MR) is 93.8 cm³/mol. The largest absolute Gasteiger partial charge is 0.390 e. The monoisotopic (exact) mass is 406 g/mol. The van der Waals surface area contributed by atoms with E-state index in [4.69, 9.17) is 14.2 Å². The smallest absolute Gasteiger partial charge is 0.217 e. The predicted octanol–water partition coefficient (Wildman–Crippen LogP) is -3.15. The van der Waals surface area contributed by atoms with Crippen molar-refractivity contribution in [2.24, 2.45) is 5.92 Å². The average Bonchev–Trinajstić information content (AvgIpc) is 2.62. The third kappa shape index (κ3) is 5.38. The molecule has 1 aliphatic carbocycles. The molecule has 2 aliphatic rings. The summed E-state index contributed by atoms with van der Waals surface area (Å²) >= 11 is 0. The number of hydrogen-bond acceptors (Lipinski definition) is 9. The van der Waals surface area contributed by atoms with Gasteiger partial charge in [-0.1, -0.05) is 0 Å². The third-order valence-corrected chi connectivity index (χ3v) is 5.11. The molecule has 6 N–H and O–H groups in total. The highest BCUT2D eigenvalue weighted by molar-refractivity contribution is 5.73. The Morgan fingerprint density at radius 2 is 1.75 bits per heavy atom. The van der Waals surface area contributed by atoms with Crippen molar-refractivity contribution in [2.45, 2.75) is 69.2 Å². The summed E-state index contributed by atoms with van der Waals surface area (Å²) in [6, 6.07) is -0.968. The molecule has 2 fully saturated rings. The van der Waals surface area contributed by atoms with Crippen molar-refractivity contribution in [2.75, 3.05) is 20.3 Å². The normalized spacial score (nSPS) is 41.3. The number of amides is 2. The van der Waals surface area contributed by atoms with Gasteiger partial charge in [-0.3, -0.25) is 9.59 Å². The quantitative estimate of drug-likeness (QED) is 0.267. The Balaban J connectivity index is 2.19. The first kappa shape index (κ1) is 22.9. The lowest BCUT2D eigenvalue weighted by Gasteiger charge is -2.46. The first-order valence-corrected chi connectivity index (χ1v) is 9.19. The van der Waals surface area contributed by atoms with Gasteiger partial charge >= 0.3 is 0 Å². The van der Waals surface area contributed by atoms with E-state index >= 15 is 0 Å². The van der Waals surface area contributed by atoms with Crippen molar-refractivity contribution >= 4 is 11.8 Å². The van der Waals surface area contributed by atoms with Crippen LogP contribution in [0.5, 0.6) is 0 Å². The van der Waals surface area contributed by atoms with Crippen LogP contribution in [0.1, 0.15) is 20.3 Å². The van der Waals surface area contributed by atoms with Gasteiger partial charge in [0.15, 0.2) is 6.29 Å². The van der Waals surface area contributed by atoms with E-state index in [9.17, 15) is 30.0 Å². The Hall–Kier alpha value is -1.34. The Labute approximate surface area is 163 Å². The number of rotatable bonds is 6. The summed E-state index contributed by atoms with van der Waals surface area (Å²) in [6.07, 6.45) is -7.80. The summed E-state index contributed by atoms with van der Waals surface area (Å²) < 4.78 is 16.1. The minimum Gasteiger partial charge on any atom is -0.390 e. The SMILES string of the molecule is COC1OC[C@@H](O)[C@@H](O[C@H]2C[C@@H](CNC(C)=O)[C@@H](O)[C@H](O)[C@H]2NC(C)=O)[C@H]1O. The summed E-state index contributed by atoms with van der Waals surface area (Å²) in [7, 11) is 1.34. The molecule has 0 aromatic carbocycles. The highest BCUT2D eigenvalue weighted by Crippen LogP contribution is 2.31. The van der Waals surface area contributed by atoms with Crippen LogP contribution in [0.2, 0.25) is 0 Å². The summed E-state index contributed by atoms with van der Waals surface area (Å²) in [5.41, 5.74) is 0. The molecule has 1 heterocycles. The van der Waals surface area contributed by atoms with Crippen LogP contribution in [-0.4, -0.2) is 101 Å². The van der Waals surface area contributed by atoms with Crippen LogP contribution in [0.4, 0.5) is 0 Å². The second-order valence-electron chi connectivity index (χ2n) is 7.27. The average molecular weight is 406 g/mol. The van der Waals surface area contributed by atoms with Gasteiger partial charge in [-0.2, -0.15) is 0 Å². The molecule has 11 nitrogen and oxygen atoms in total. The van der Waals surface area contributed by atoms with Crippen LogP contribution < -0.4 is 10.6 Å². The van der Waals surface area contributed by atoms with Crippen LogP contribution in [0.25, 0.3) is 0 Å².